The fraction of sp³-hybridized carbons (Fsp3) is 0.333. The van der Waals surface area contributed by atoms with Crippen LogP contribution in [0.25, 0.3) is 11.3 Å². The van der Waals surface area contributed by atoms with Crippen molar-refractivity contribution in [1.82, 2.24) is 9.97 Å². The number of benzene rings is 1. The molecular formula is C15H17ClN2O. The van der Waals surface area contributed by atoms with E-state index in [0.717, 1.165) is 17.7 Å². The van der Waals surface area contributed by atoms with Gasteiger partial charge in [-0.25, -0.2) is 9.97 Å². The molecule has 0 spiro atoms. The van der Waals surface area contributed by atoms with Crippen molar-refractivity contribution < 1.29 is 4.74 Å². The van der Waals surface area contributed by atoms with Gasteiger partial charge in [0.15, 0.2) is 5.82 Å². The van der Waals surface area contributed by atoms with Crippen molar-refractivity contribution >= 4 is 11.6 Å². The van der Waals surface area contributed by atoms with Crippen molar-refractivity contribution in [3.8, 4) is 11.3 Å². The second kappa shape index (κ2) is 6.64. The molecule has 0 aliphatic carbocycles. The first-order valence-electron chi connectivity index (χ1n) is 6.43. The minimum Gasteiger partial charge on any atom is -0.374 e. The molecule has 0 bridgehead atoms. The number of ether oxygens (including phenoxy) is 1. The van der Waals surface area contributed by atoms with Crippen LogP contribution in [0.15, 0.2) is 30.3 Å². The summed E-state index contributed by atoms with van der Waals surface area (Å²) >= 11 is 6.05. The number of halogens is 1. The summed E-state index contributed by atoms with van der Waals surface area (Å²) < 4.78 is 5.33. The molecule has 100 valence electrons. The van der Waals surface area contributed by atoms with Gasteiger partial charge in [-0.2, -0.15) is 0 Å². The Hall–Kier alpha value is -1.45. The molecule has 3 nitrogen and oxygen atoms in total. The smallest absolute Gasteiger partial charge is 0.156 e. The molecule has 0 aliphatic heterocycles. The third kappa shape index (κ3) is 3.75. The Balaban J connectivity index is 2.34. The van der Waals surface area contributed by atoms with E-state index in [4.69, 9.17) is 16.3 Å². The van der Waals surface area contributed by atoms with Crippen molar-refractivity contribution in [3.63, 3.8) is 0 Å². The van der Waals surface area contributed by atoms with Gasteiger partial charge >= 0.3 is 0 Å². The Bertz CT molecular complexity index is 558. The Morgan fingerprint density at radius 1 is 1.16 bits per heavy atom. The predicted octanol–water partition coefficient (Wildman–Crippen LogP) is 3.90. The number of hydrogen-bond donors (Lipinski definition) is 0. The maximum Gasteiger partial charge on any atom is 0.156 e. The van der Waals surface area contributed by atoms with E-state index in [-0.39, 0.29) is 0 Å². The number of hydrogen-bond acceptors (Lipinski definition) is 3. The predicted molar refractivity (Wildman–Crippen MR) is 77.2 cm³/mol. The molecule has 0 atom stereocenters. The fourth-order valence-electron chi connectivity index (χ4n) is 1.82. The van der Waals surface area contributed by atoms with Gasteiger partial charge in [0.2, 0.25) is 0 Å². The summed E-state index contributed by atoms with van der Waals surface area (Å²) in [7, 11) is 0. The molecule has 0 N–H and O–H groups in total. The number of rotatable bonds is 5. The molecule has 0 radical (unpaired) electrons. The van der Waals surface area contributed by atoms with Crippen LogP contribution in [-0.4, -0.2) is 16.6 Å². The van der Waals surface area contributed by atoms with E-state index in [1.807, 2.05) is 19.1 Å². The molecule has 0 saturated carbocycles. The number of aryl methyl sites for hydroxylation is 1. The van der Waals surface area contributed by atoms with Crippen LogP contribution in [0.1, 0.15) is 25.2 Å². The SMILES string of the molecule is CCOCc1nc(Cl)cc(-c2cccc(CC)c2)n1. The molecule has 4 heteroatoms. The van der Waals surface area contributed by atoms with Gasteiger partial charge in [0.1, 0.15) is 11.8 Å². The lowest BCUT2D eigenvalue weighted by Crippen LogP contribution is -2.00. The molecular weight excluding hydrogens is 260 g/mol. The molecule has 2 rings (SSSR count). The minimum absolute atomic E-state index is 0.386. The Morgan fingerprint density at radius 2 is 2.00 bits per heavy atom. The zero-order valence-corrected chi connectivity index (χ0v) is 11.9. The van der Waals surface area contributed by atoms with E-state index in [9.17, 15) is 0 Å². The van der Waals surface area contributed by atoms with Crippen molar-refractivity contribution in [3.05, 3.63) is 46.9 Å². The molecule has 0 amide bonds. The topological polar surface area (TPSA) is 35.0 Å². The first-order valence-corrected chi connectivity index (χ1v) is 6.81. The van der Waals surface area contributed by atoms with Crippen LogP contribution in [0.3, 0.4) is 0 Å². The summed E-state index contributed by atoms with van der Waals surface area (Å²) in [5, 5.41) is 0.446. The molecule has 1 aromatic carbocycles. The second-order valence-electron chi connectivity index (χ2n) is 4.18. The molecule has 2 aromatic rings. The molecule has 1 aromatic heterocycles. The van der Waals surface area contributed by atoms with Gasteiger partial charge in [-0.05, 0) is 25.0 Å². The Labute approximate surface area is 118 Å². The van der Waals surface area contributed by atoms with Crippen LogP contribution in [0, 0.1) is 0 Å². The summed E-state index contributed by atoms with van der Waals surface area (Å²) in [5.41, 5.74) is 3.17. The first kappa shape index (κ1) is 14.0. The minimum atomic E-state index is 0.386. The molecule has 0 aliphatic rings. The summed E-state index contributed by atoms with van der Waals surface area (Å²) in [6.45, 7) is 5.09. The van der Waals surface area contributed by atoms with Gasteiger partial charge < -0.3 is 4.74 Å². The second-order valence-corrected chi connectivity index (χ2v) is 4.57. The average Bonchev–Trinajstić information content (AvgIpc) is 2.44. The van der Waals surface area contributed by atoms with Crippen molar-refractivity contribution in [2.24, 2.45) is 0 Å². The quantitative estimate of drug-likeness (QED) is 0.777. The highest BCUT2D eigenvalue weighted by Crippen LogP contribution is 2.21. The van der Waals surface area contributed by atoms with Crippen molar-refractivity contribution in [2.75, 3.05) is 6.61 Å². The van der Waals surface area contributed by atoms with E-state index >= 15 is 0 Å². The summed E-state index contributed by atoms with van der Waals surface area (Å²) in [5.74, 6) is 0.617. The zero-order chi connectivity index (χ0) is 13.7. The largest absolute Gasteiger partial charge is 0.374 e. The standard InChI is InChI=1S/C15H17ClN2O/c1-3-11-6-5-7-12(8-11)13-9-14(16)18-15(17-13)10-19-4-2/h5-9H,3-4,10H2,1-2H3. The van der Waals surface area contributed by atoms with E-state index in [0.29, 0.717) is 24.2 Å². The van der Waals surface area contributed by atoms with Crippen LogP contribution in [0.2, 0.25) is 5.15 Å². The summed E-state index contributed by atoms with van der Waals surface area (Å²) in [4.78, 5) is 8.66. The van der Waals surface area contributed by atoms with Crippen molar-refractivity contribution in [2.45, 2.75) is 26.9 Å². The highest BCUT2D eigenvalue weighted by atomic mass is 35.5. The molecule has 0 saturated heterocycles. The summed E-state index contributed by atoms with van der Waals surface area (Å²) in [6, 6.07) is 10.1. The Morgan fingerprint density at radius 3 is 2.74 bits per heavy atom. The number of aromatic nitrogens is 2. The lowest BCUT2D eigenvalue weighted by atomic mass is 10.1. The maximum absolute atomic E-state index is 6.05. The van der Waals surface area contributed by atoms with Crippen LogP contribution < -0.4 is 0 Å². The first-order chi connectivity index (χ1) is 9.22. The molecule has 1 heterocycles. The third-order valence-electron chi connectivity index (χ3n) is 2.81. The van der Waals surface area contributed by atoms with E-state index in [1.165, 1.54) is 5.56 Å². The van der Waals surface area contributed by atoms with E-state index in [1.54, 1.807) is 6.07 Å². The van der Waals surface area contributed by atoms with Gasteiger partial charge in [0.25, 0.3) is 0 Å². The van der Waals surface area contributed by atoms with Crippen LogP contribution in [0.5, 0.6) is 0 Å². The maximum atomic E-state index is 6.05. The highest BCUT2D eigenvalue weighted by Gasteiger charge is 2.06. The van der Waals surface area contributed by atoms with Gasteiger partial charge in [-0.3, -0.25) is 0 Å². The van der Waals surface area contributed by atoms with Crippen LogP contribution in [-0.2, 0) is 17.8 Å². The van der Waals surface area contributed by atoms with Crippen LogP contribution >= 0.6 is 11.6 Å². The van der Waals surface area contributed by atoms with Gasteiger partial charge in [-0.1, -0.05) is 36.7 Å². The normalized spacial score (nSPS) is 10.7. The average molecular weight is 277 g/mol. The lowest BCUT2D eigenvalue weighted by molar-refractivity contribution is 0.128. The van der Waals surface area contributed by atoms with Gasteiger partial charge in [0.05, 0.1) is 5.69 Å². The van der Waals surface area contributed by atoms with Gasteiger partial charge in [-0.15, -0.1) is 0 Å². The number of nitrogens with zero attached hydrogens (tertiary/aromatic N) is 2. The fourth-order valence-corrected chi connectivity index (χ4v) is 2.02. The monoisotopic (exact) mass is 276 g/mol. The zero-order valence-electron chi connectivity index (χ0n) is 11.2. The highest BCUT2D eigenvalue weighted by molar-refractivity contribution is 6.29. The Kier molecular flexibility index (Phi) is 4.88. The lowest BCUT2D eigenvalue weighted by Gasteiger charge is -2.07. The van der Waals surface area contributed by atoms with E-state index in [2.05, 4.69) is 29.0 Å². The molecule has 0 fully saturated rings. The molecule has 0 unspecified atom stereocenters. The third-order valence-corrected chi connectivity index (χ3v) is 3.00. The summed E-state index contributed by atoms with van der Waals surface area (Å²) in [6.07, 6.45) is 0.998. The van der Waals surface area contributed by atoms with Crippen molar-refractivity contribution in [1.29, 1.82) is 0 Å². The van der Waals surface area contributed by atoms with Crippen LogP contribution in [0.4, 0.5) is 0 Å². The molecule has 19 heavy (non-hydrogen) atoms. The van der Waals surface area contributed by atoms with Gasteiger partial charge in [0, 0.05) is 18.2 Å². The van der Waals surface area contributed by atoms with E-state index < -0.39 is 0 Å².